The molecule has 0 aliphatic heterocycles. The third-order valence-electron chi connectivity index (χ3n) is 2.95. The van der Waals surface area contributed by atoms with E-state index in [2.05, 4.69) is 49.9 Å². The minimum atomic E-state index is -0.780. The van der Waals surface area contributed by atoms with E-state index >= 15 is 0 Å². The van der Waals surface area contributed by atoms with Crippen LogP contribution in [0.4, 0.5) is 0 Å². The number of halogens is 2. The van der Waals surface area contributed by atoms with E-state index in [0.717, 1.165) is 8.04 Å². The Morgan fingerprint density at radius 1 is 1.50 bits per heavy atom. The van der Waals surface area contributed by atoms with E-state index in [1.54, 1.807) is 6.07 Å². The molecule has 0 heterocycles. The molecule has 5 heteroatoms. The quantitative estimate of drug-likeness (QED) is 0.751. The van der Waals surface area contributed by atoms with Gasteiger partial charge in [0.15, 0.2) is 0 Å². The van der Waals surface area contributed by atoms with Crippen molar-refractivity contribution in [1.29, 1.82) is 5.26 Å². The zero-order valence-electron chi connectivity index (χ0n) is 10.3. The fraction of sp³-hybridized carbons (Fsp3) is 0.385. The van der Waals surface area contributed by atoms with Gasteiger partial charge in [-0.05, 0) is 69.6 Å². The molecule has 1 amide bonds. The first-order valence-electron chi connectivity index (χ1n) is 5.67. The van der Waals surface area contributed by atoms with Crippen LogP contribution in [0.1, 0.15) is 37.0 Å². The van der Waals surface area contributed by atoms with Crippen LogP contribution in [-0.4, -0.2) is 11.4 Å². The van der Waals surface area contributed by atoms with Gasteiger partial charge < -0.3 is 5.32 Å². The fourth-order valence-corrected chi connectivity index (χ4v) is 2.49. The van der Waals surface area contributed by atoms with Crippen LogP contribution < -0.4 is 5.32 Å². The molecule has 1 aromatic carbocycles. The van der Waals surface area contributed by atoms with Gasteiger partial charge in [-0.1, -0.05) is 13.8 Å². The molecule has 0 fully saturated rings. The van der Waals surface area contributed by atoms with Crippen molar-refractivity contribution in [2.24, 2.45) is 0 Å². The van der Waals surface area contributed by atoms with Crippen LogP contribution in [0.5, 0.6) is 0 Å². The maximum absolute atomic E-state index is 12.2. The maximum Gasteiger partial charge on any atom is 0.253 e. The Labute approximate surface area is 129 Å². The number of nitrogens with one attached hydrogen (secondary N) is 1. The zero-order valence-corrected chi connectivity index (χ0v) is 14.0. The van der Waals surface area contributed by atoms with Crippen molar-refractivity contribution in [3.63, 3.8) is 0 Å². The molecule has 0 spiro atoms. The molecule has 0 atom stereocenters. The minimum Gasteiger partial charge on any atom is -0.334 e. The predicted molar refractivity (Wildman–Crippen MR) is 83.3 cm³/mol. The first-order valence-corrected chi connectivity index (χ1v) is 7.54. The van der Waals surface area contributed by atoms with Crippen LogP contribution in [0, 0.1) is 14.9 Å². The van der Waals surface area contributed by atoms with E-state index in [1.165, 1.54) is 0 Å². The average Bonchev–Trinajstić information content (AvgIpc) is 2.38. The third kappa shape index (κ3) is 3.45. The van der Waals surface area contributed by atoms with Crippen molar-refractivity contribution in [3.8, 4) is 6.07 Å². The normalized spacial score (nSPS) is 10.8. The Bertz CT molecular complexity index is 492. The second kappa shape index (κ2) is 6.53. The van der Waals surface area contributed by atoms with Crippen LogP contribution in [-0.2, 0) is 0 Å². The van der Waals surface area contributed by atoms with Gasteiger partial charge in [0.2, 0.25) is 0 Å². The molecule has 0 bridgehead atoms. The lowest BCUT2D eigenvalue weighted by Gasteiger charge is -2.25. The summed E-state index contributed by atoms with van der Waals surface area (Å²) in [6, 6.07) is 7.75. The van der Waals surface area contributed by atoms with Gasteiger partial charge in [0, 0.05) is 8.04 Å². The number of nitrogens with zero attached hydrogens (tertiary/aromatic N) is 1. The summed E-state index contributed by atoms with van der Waals surface area (Å²) in [6.45, 7) is 3.80. The van der Waals surface area contributed by atoms with Crippen LogP contribution in [0.2, 0.25) is 0 Å². The van der Waals surface area contributed by atoms with E-state index in [4.69, 9.17) is 0 Å². The van der Waals surface area contributed by atoms with Crippen molar-refractivity contribution >= 4 is 44.4 Å². The van der Waals surface area contributed by atoms with E-state index in [9.17, 15) is 10.1 Å². The zero-order chi connectivity index (χ0) is 13.8. The number of rotatable bonds is 4. The molecule has 1 aromatic rings. The highest BCUT2D eigenvalue weighted by Gasteiger charge is 2.28. The molecule has 0 aliphatic rings. The molecule has 18 heavy (non-hydrogen) atoms. The first-order chi connectivity index (χ1) is 8.48. The molecule has 3 nitrogen and oxygen atoms in total. The highest BCUT2D eigenvalue weighted by molar-refractivity contribution is 14.1. The number of carbonyl (C=O) groups excluding carboxylic acids is 1. The van der Waals surface area contributed by atoms with Gasteiger partial charge in [0.05, 0.1) is 11.6 Å². The number of benzene rings is 1. The van der Waals surface area contributed by atoms with Crippen LogP contribution in [0.25, 0.3) is 0 Å². The summed E-state index contributed by atoms with van der Waals surface area (Å²) in [4.78, 5) is 12.2. The number of nitriles is 1. The van der Waals surface area contributed by atoms with E-state index in [0.29, 0.717) is 18.4 Å². The monoisotopic (exact) mass is 420 g/mol. The van der Waals surface area contributed by atoms with Gasteiger partial charge in [0.1, 0.15) is 5.54 Å². The number of carbonyl (C=O) groups is 1. The van der Waals surface area contributed by atoms with Gasteiger partial charge in [-0.3, -0.25) is 4.79 Å². The van der Waals surface area contributed by atoms with Crippen molar-refractivity contribution in [2.75, 3.05) is 0 Å². The lowest BCUT2D eigenvalue weighted by molar-refractivity contribution is 0.0914. The van der Waals surface area contributed by atoms with Crippen molar-refractivity contribution in [1.82, 2.24) is 5.32 Å². The summed E-state index contributed by atoms with van der Waals surface area (Å²) in [7, 11) is 0. The van der Waals surface area contributed by atoms with Crippen molar-refractivity contribution in [3.05, 3.63) is 31.8 Å². The lowest BCUT2D eigenvalue weighted by atomic mass is 9.94. The SMILES string of the molecule is CCC(C#N)(CC)NC(=O)c1cc(I)ccc1Br. The first kappa shape index (κ1) is 15.4. The van der Waals surface area contributed by atoms with E-state index < -0.39 is 5.54 Å². The van der Waals surface area contributed by atoms with Gasteiger partial charge in [-0.25, -0.2) is 0 Å². The molecule has 1 rings (SSSR count). The Kier molecular flexibility index (Phi) is 5.60. The molecule has 0 unspecified atom stereocenters. The number of amides is 1. The maximum atomic E-state index is 12.2. The highest BCUT2D eigenvalue weighted by Crippen LogP contribution is 2.21. The van der Waals surface area contributed by atoms with E-state index in [-0.39, 0.29) is 5.91 Å². The molecule has 0 radical (unpaired) electrons. The van der Waals surface area contributed by atoms with Gasteiger partial charge in [-0.15, -0.1) is 0 Å². The van der Waals surface area contributed by atoms with Gasteiger partial charge >= 0.3 is 0 Å². The molecular formula is C13H14BrIN2O. The Balaban J connectivity index is 3.02. The summed E-state index contributed by atoms with van der Waals surface area (Å²) in [5, 5.41) is 12.0. The third-order valence-corrected chi connectivity index (χ3v) is 4.31. The second-order valence-electron chi connectivity index (χ2n) is 3.98. The Morgan fingerprint density at radius 3 is 2.61 bits per heavy atom. The largest absolute Gasteiger partial charge is 0.334 e. The molecule has 0 aromatic heterocycles. The Hall–Kier alpha value is -0.610. The molecule has 96 valence electrons. The van der Waals surface area contributed by atoms with Crippen molar-refractivity contribution in [2.45, 2.75) is 32.2 Å². The summed E-state index contributed by atoms with van der Waals surface area (Å²) < 4.78 is 1.72. The molecule has 0 saturated carbocycles. The number of hydrogen-bond acceptors (Lipinski definition) is 2. The second-order valence-corrected chi connectivity index (χ2v) is 6.08. The summed E-state index contributed by atoms with van der Waals surface area (Å²) in [5.74, 6) is -0.217. The molecule has 1 N–H and O–H groups in total. The minimum absolute atomic E-state index is 0.217. The van der Waals surface area contributed by atoms with Crippen LogP contribution in [0.15, 0.2) is 22.7 Å². The molecule has 0 saturated heterocycles. The molecule has 0 aliphatic carbocycles. The van der Waals surface area contributed by atoms with Gasteiger partial charge in [-0.2, -0.15) is 5.26 Å². The van der Waals surface area contributed by atoms with Gasteiger partial charge in [0.25, 0.3) is 5.91 Å². The lowest BCUT2D eigenvalue weighted by Crippen LogP contribution is -2.46. The summed E-state index contributed by atoms with van der Waals surface area (Å²) >= 11 is 5.51. The Morgan fingerprint density at radius 2 is 2.11 bits per heavy atom. The standard InChI is InChI=1S/C13H14BrIN2O/c1-3-13(4-2,8-16)17-12(18)10-7-9(15)5-6-11(10)14/h5-7H,3-4H2,1-2H3,(H,17,18). The molecular weight excluding hydrogens is 407 g/mol. The fourth-order valence-electron chi connectivity index (χ4n) is 1.57. The van der Waals surface area contributed by atoms with Crippen LogP contribution >= 0.6 is 38.5 Å². The number of hydrogen-bond donors (Lipinski definition) is 1. The van der Waals surface area contributed by atoms with Crippen LogP contribution in [0.3, 0.4) is 0 Å². The summed E-state index contributed by atoms with van der Waals surface area (Å²) in [5.41, 5.74) is -0.221. The predicted octanol–water partition coefficient (Wildman–Crippen LogP) is 3.87. The van der Waals surface area contributed by atoms with E-state index in [1.807, 2.05) is 26.0 Å². The average molecular weight is 421 g/mol. The highest BCUT2D eigenvalue weighted by atomic mass is 127. The smallest absolute Gasteiger partial charge is 0.253 e. The topological polar surface area (TPSA) is 52.9 Å². The summed E-state index contributed by atoms with van der Waals surface area (Å²) in [6.07, 6.45) is 1.18. The van der Waals surface area contributed by atoms with Crippen molar-refractivity contribution < 1.29 is 4.79 Å².